The Bertz CT molecular complexity index is 295. The predicted molar refractivity (Wildman–Crippen MR) is 78.4 cm³/mol. The fourth-order valence-corrected chi connectivity index (χ4v) is 2.52. The van der Waals surface area contributed by atoms with Crippen molar-refractivity contribution in [2.45, 2.75) is 64.5 Å². The van der Waals surface area contributed by atoms with Gasteiger partial charge in [-0.05, 0) is 39.5 Å². The van der Waals surface area contributed by atoms with E-state index < -0.39 is 0 Å². The first-order valence-electron chi connectivity index (χ1n) is 7.73. The van der Waals surface area contributed by atoms with Crippen LogP contribution in [0.3, 0.4) is 0 Å². The SMILES string of the molecule is CC(C)OCC1CCCN1C(=O)CCCCCNC=O. The summed E-state index contributed by atoms with van der Waals surface area (Å²) in [5, 5.41) is 2.63. The summed E-state index contributed by atoms with van der Waals surface area (Å²) < 4.78 is 5.64. The quantitative estimate of drug-likeness (QED) is 0.491. The second-order valence-corrected chi connectivity index (χ2v) is 5.65. The molecule has 1 rings (SSSR count). The second-order valence-electron chi connectivity index (χ2n) is 5.65. The van der Waals surface area contributed by atoms with Gasteiger partial charge in [-0.1, -0.05) is 6.42 Å². The number of amides is 2. The molecule has 0 bridgehead atoms. The van der Waals surface area contributed by atoms with E-state index >= 15 is 0 Å². The number of ether oxygens (including phenoxy) is 1. The highest BCUT2D eigenvalue weighted by Crippen LogP contribution is 2.19. The van der Waals surface area contributed by atoms with Crippen LogP contribution in [0.25, 0.3) is 0 Å². The van der Waals surface area contributed by atoms with Crippen LogP contribution in [0.5, 0.6) is 0 Å². The number of hydrogen-bond acceptors (Lipinski definition) is 3. The van der Waals surface area contributed by atoms with Crippen molar-refractivity contribution in [3.63, 3.8) is 0 Å². The molecule has 1 atom stereocenters. The lowest BCUT2D eigenvalue weighted by atomic mass is 10.1. The maximum absolute atomic E-state index is 12.2. The number of hydrogen-bond donors (Lipinski definition) is 1. The number of rotatable bonds is 10. The highest BCUT2D eigenvalue weighted by Gasteiger charge is 2.28. The van der Waals surface area contributed by atoms with Gasteiger partial charge in [-0.25, -0.2) is 0 Å². The second kappa shape index (κ2) is 9.75. The van der Waals surface area contributed by atoms with Crippen LogP contribution in [-0.2, 0) is 14.3 Å². The Kier molecular flexibility index (Phi) is 8.26. The topological polar surface area (TPSA) is 58.6 Å². The average molecular weight is 284 g/mol. The van der Waals surface area contributed by atoms with Gasteiger partial charge in [0.1, 0.15) is 0 Å². The fraction of sp³-hybridized carbons (Fsp3) is 0.867. The number of nitrogens with zero attached hydrogens (tertiary/aromatic N) is 1. The summed E-state index contributed by atoms with van der Waals surface area (Å²) in [6, 6.07) is 0.265. The maximum atomic E-state index is 12.2. The molecule has 20 heavy (non-hydrogen) atoms. The lowest BCUT2D eigenvalue weighted by Crippen LogP contribution is -2.38. The van der Waals surface area contributed by atoms with E-state index in [1.165, 1.54) is 0 Å². The molecule has 2 amide bonds. The molecule has 0 aromatic rings. The third-order valence-corrected chi connectivity index (χ3v) is 3.61. The zero-order chi connectivity index (χ0) is 14.8. The van der Waals surface area contributed by atoms with Gasteiger partial charge in [-0.3, -0.25) is 9.59 Å². The highest BCUT2D eigenvalue weighted by atomic mass is 16.5. The van der Waals surface area contributed by atoms with Crippen molar-refractivity contribution < 1.29 is 14.3 Å². The summed E-state index contributed by atoms with van der Waals surface area (Å²) in [6.07, 6.45) is 6.50. The van der Waals surface area contributed by atoms with E-state index in [1.54, 1.807) is 0 Å². The summed E-state index contributed by atoms with van der Waals surface area (Å²) in [5.74, 6) is 0.253. The number of likely N-dealkylation sites (tertiary alicyclic amines) is 1. The molecule has 0 aromatic carbocycles. The monoisotopic (exact) mass is 284 g/mol. The van der Waals surface area contributed by atoms with E-state index in [4.69, 9.17) is 4.74 Å². The van der Waals surface area contributed by atoms with E-state index in [9.17, 15) is 9.59 Å². The molecule has 1 aliphatic rings. The number of carbonyl (C=O) groups excluding carboxylic acids is 2. The van der Waals surface area contributed by atoms with Gasteiger partial charge in [0.2, 0.25) is 12.3 Å². The Morgan fingerprint density at radius 2 is 2.20 bits per heavy atom. The molecule has 0 aromatic heterocycles. The third-order valence-electron chi connectivity index (χ3n) is 3.61. The zero-order valence-corrected chi connectivity index (χ0v) is 12.8. The van der Waals surface area contributed by atoms with Crippen LogP contribution in [0.1, 0.15) is 52.4 Å². The van der Waals surface area contributed by atoms with Crippen LogP contribution >= 0.6 is 0 Å². The van der Waals surface area contributed by atoms with Crippen LogP contribution in [0.2, 0.25) is 0 Å². The van der Waals surface area contributed by atoms with Gasteiger partial charge < -0.3 is 15.0 Å². The largest absolute Gasteiger partial charge is 0.377 e. The zero-order valence-electron chi connectivity index (χ0n) is 12.8. The Hall–Kier alpha value is -1.10. The molecule has 1 aliphatic heterocycles. The van der Waals surface area contributed by atoms with Crippen LogP contribution in [0, 0.1) is 0 Å². The van der Waals surface area contributed by atoms with Gasteiger partial charge in [0.25, 0.3) is 0 Å². The molecule has 5 nitrogen and oxygen atoms in total. The molecule has 5 heteroatoms. The minimum Gasteiger partial charge on any atom is -0.377 e. The Morgan fingerprint density at radius 3 is 2.90 bits per heavy atom. The van der Waals surface area contributed by atoms with E-state index in [-0.39, 0.29) is 18.1 Å². The third kappa shape index (κ3) is 6.37. The molecule has 1 saturated heterocycles. The van der Waals surface area contributed by atoms with E-state index in [0.717, 1.165) is 38.6 Å². The van der Waals surface area contributed by atoms with E-state index in [1.807, 2.05) is 18.7 Å². The maximum Gasteiger partial charge on any atom is 0.222 e. The number of carbonyl (C=O) groups is 2. The van der Waals surface area contributed by atoms with Crippen molar-refractivity contribution in [3.05, 3.63) is 0 Å². The summed E-state index contributed by atoms with van der Waals surface area (Å²) >= 11 is 0. The molecular formula is C15H28N2O3. The summed E-state index contributed by atoms with van der Waals surface area (Å²) in [6.45, 7) is 6.28. The number of unbranched alkanes of at least 4 members (excludes halogenated alkanes) is 2. The van der Waals surface area contributed by atoms with Crippen molar-refractivity contribution in [1.29, 1.82) is 0 Å². The minimum absolute atomic E-state index is 0.220. The first kappa shape index (κ1) is 17.0. The Morgan fingerprint density at radius 1 is 1.40 bits per heavy atom. The van der Waals surface area contributed by atoms with Crippen molar-refractivity contribution in [2.75, 3.05) is 19.7 Å². The molecular weight excluding hydrogens is 256 g/mol. The first-order chi connectivity index (χ1) is 9.65. The van der Waals surface area contributed by atoms with Crippen molar-refractivity contribution in [2.24, 2.45) is 0 Å². The fourth-order valence-electron chi connectivity index (χ4n) is 2.52. The van der Waals surface area contributed by atoms with Crippen molar-refractivity contribution >= 4 is 12.3 Å². The lowest BCUT2D eigenvalue weighted by Gasteiger charge is -2.25. The molecule has 1 heterocycles. The Labute approximate surface area is 122 Å². The molecule has 116 valence electrons. The molecule has 0 aliphatic carbocycles. The first-order valence-corrected chi connectivity index (χ1v) is 7.73. The van der Waals surface area contributed by atoms with Crippen LogP contribution in [0.15, 0.2) is 0 Å². The minimum atomic E-state index is 0.220. The van der Waals surface area contributed by atoms with Crippen molar-refractivity contribution in [3.8, 4) is 0 Å². The number of nitrogens with one attached hydrogen (secondary N) is 1. The molecule has 0 spiro atoms. The highest BCUT2D eigenvalue weighted by molar-refractivity contribution is 5.76. The standard InChI is InChI=1S/C15H28N2O3/c1-13(2)20-11-14-7-6-10-17(14)15(19)8-4-3-5-9-16-12-18/h12-14H,3-11H2,1-2H3,(H,16,18). The van der Waals surface area contributed by atoms with Crippen LogP contribution in [0.4, 0.5) is 0 Å². The molecule has 1 fully saturated rings. The molecule has 0 saturated carbocycles. The van der Waals surface area contributed by atoms with Gasteiger partial charge in [-0.15, -0.1) is 0 Å². The molecule has 1 unspecified atom stereocenters. The summed E-state index contributed by atoms with van der Waals surface area (Å²) in [7, 11) is 0. The van der Waals surface area contributed by atoms with Gasteiger partial charge in [0, 0.05) is 19.5 Å². The van der Waals surface area contributed by atoms with Gasteiger partial charge in [0.15, 0.2) is 0 Å². The molecule has 1 N–H and O–H groups in total. The lowest BCUT2D eigenvalue weighted by molar-refractivity contribution is -0.133. The molecule has 0 radical (unpaired) electrons. The van der Waals surface area contributed by atoms with Crippen molar-refractivity contribution in [1.82, 2.24) is 10.2 Å². The smallest absolute Gasteiger partial charge is 0.222 e. The van der Waals surface area contributed by atoms with Crippen LogP contribution in [-0.4, -0.2) is 49.1 Å². The van der Waals surface area contributed by atoms with Gasteiger partial charge >= 0.3 is 0 Å². The van der Waals surface area contributed by atoms with E-state index in [0.29, 0.717) is 26.0 Å². The van der Waals surface area contributed by atoms with Gasteiger partial charge in [-0.2, -0.15) is 0 Å². The Balaban J connectivity index is 2.18. The summed E-state index contributed by atoms with van der Waals surface area (Å²) in [4.78, 5) is 24.3. The average Bonchev–Trinajstić information content (AvgIpc) is 2.88. The van der Waals surface area contributed by atoms with Crippen LogP contribution < -0.4 is 5.32 Å². The van der Waals surface area contributed by atoms with E-state index in [2.05, 4.69) is 5.32 Å². The summed E-state index contributed by atoms with van der Waals surface area (Å²) in [5.41, 5.74) is 0. The van der Waals surface area contributed by atoms with Gasteiger partial charge in [0.05, 0.1) is 18.8 Å². The normalized spacial score (nSPS) is 18.6. The predicted octanol–water partition coefficient (Wildman–Crippen LogP) is 1.71.